The number of anilines is 2. The summed E-state index contributed by atoms with van der Waals surface area (Å²) in [6.07, 6.45) is 11.6. The largest absolute Gasteiger partial charge is 0.487 e. The number of aromatic nitrogens is 4. The molecule has 0 saturated carbocycles. The Morgan fingerprint density at radius 2 is 1.94 bits per heavy atom. The predicted molar refractivity (Wildman–Crippen MR) is 133 cm³/mol. The molecule has 34 heavy (non-hydrogen) atoms. The minimum atomic E-state index is 0.303. The molecule has 0 fully saturated rings. The highest BCUT2D eigenvalue weighted by Gasteiger charge is 2.29. The number of hydrogen-bond donors (Lipinski definition) is 1. The molecule has 0 spiro atoms. The van der Waals surface area contributed by atoms with Gasteiger partial charge in [-0.25, -0.2) is 15.0 Å². The van der Waals surface area contributed by atoms with E-state index in [-0.39, 0.29) is 0 Å². The highest BCUT2D eigenvalue weighted by molar-refractivity contribution is 6.29. The van der Waals surface area contributed by atoms with Crippen LogP contribution < -0.4 is 10.1 Å². The van der Waals surface area contributed by atoms with Gasteiger partial charge in [-0.3, -0.25) is 0 Å². The van der Waals surface area contributed by atoms with Crippen molar-refractivity contribution in [2.45, 2.75) is 31.6 Å². The third-order valence-corrected chi connectivity index (χ3v) is 6.63. The number of halogens is 1. The average molecular weight is 470 g/mol. The Kier molecular flexibility index (Phi) is 5.51. The summed E-state index contributed by atoms with van der Waals surface area (Å²) in [4.78, 5) is 14.1. The quantitative estimate of drug-likeness (QED) is 0.364. The molecule has 0 amide bonds. The number of allylic oxidation sites excluding steroid dienone is 1. The molecule has 0 saturated heterocycles. The number of imidazole rings is 1. The van der Waals surface area contributed by atoms with Crippen LogP contribution >= 0.6 is 11.6 Å². The Morgan fingerprint density at radius 1 is 1.03 bits per heavy atom. The minimum Gasteiger partial charge on any atom is -0.487 e. The summed E-state index contributed by atoms with van der Waals surface area (Å²) >= 11 is 6.04. The lowest BCUT2D eigenvalue weighted by atomic mass is 9.96. The summed E-state index contributed by atoms with van der Waals surface area (Å²) in [7, 11) is 0. The Labute approximate surface area is 203 Å². The van der Waals surface area contributed by atoms with Gasteiger partial charge in [0.2, 0.25) is 5.95 Å². The van der Waals surface area contributed by atoms with Crippen LogP contribution in [-0.2, 0) is 12.8 Å². The molecule has 6 nitrogen and oxygen atoms in total. The van der Waals surface area contributed by atoms with Gasteiger partial charge in [-0.2, -0.15) is 0 Å². The molecular formula is C27H24ClN5O. The van der Waals surface area contributed by atoms with Crippen LogP contribution in [0.1, 0.15) is 41.3 Å². The number of rotatable bonds is 2. The maximum absolute atomic E-state index is 6.11. The van der Waals surface area contributed by atoms with Gasteiger partial charge in [0.15, 0.2) is 0 Å². The molecule has 4 aromatic rings. The van der Waals surface area contributed by atoms with Gasteiger partial charge in [0.1, 0.15) is 23.8 Å². The smallest absolute Gasteiger partial charge is 0.227 e. The second kappa shape index (κ2) is 8.95. The summed E-state index contributed by atoms with van der Waals surface area (Å²) in [5.41, 5.74) is 6.65. The first kappa shape index (κ1) is 20.9. The lowest BCUT2D eigenvalue weighted by molar-refractivity contribution is 0.361. The predicted octanol–water partition coefficient (Wildman–Crippen LogP) is 6.02. The Bertz CT molecular complexity index is 1360. The molecule has 3 heterocycles. The maximum Gasteiger partial charge on any atom is 0.227 e. The van der Waals surface area contributed by atoms with Crippen molar-refractivity contribution >= 4 is 23.2 Å². The molecule has 1 N–H and O–H groups in total. The van der Waals surface area contributed by atoms with Gasteiger partial charge in [0.25, 0.3) is 0 Å². The van der Waals surface area contributed by atoms with Crippen LogP contribution in [0.2, 0.25) is 5.15 Å². The van der Waals surface area contributed by atoms with E-state index in [9.17, 15) is 0 Å². The molecule has 0 radical (unpaired) electrons. The fourth-order valence-corrected chi connectivity index (χ4v) is 4.98. The average Bonchev–Trinajstić information content (AvgIpc) is 3.48. The maximum atomic E-state index is 6.11. The molecule has 170 valence electrons. The first-order valence-corrected chi connectivity index (χ1v) is 12.0. The number of fused-ring (bicyclic) bond motifs is 6. The van der Waals surface area contributed by atoms with Gasteiger partial charge in [-0.15, -0.1) is 0 Å². The molecule has 2 aromatic carbocycles. The Hall–Kier alpha value is -3.64. The third kappa shape index (κ3) is 4.05. The molecular weight excluding hydrogens is 446 g/mol. The third-order valence-electron chi connectivity index (χ3n) is 6.43. The molecule has 2 aliphatic rings. The first-order valence-electron chi connectivity index (χ1n) is 11.6. The van der Waals surface area contributed by atoms with E-state index in [0.717, 1.165) is 54.2 Å². The van der Waals surface area contributed by atoms with Crippen LogP contribution in [0.5, 0.6) is 5.75 Å². The number of hydrogen-bond acceptors (Lipinski definition) is 5. The Balaban J connectivity index is 1.41. The second-order valence-corrected chi connectivity index (χ2v) is 8.98. The molecule has 6 rings (SSSR count). The van der Waals surface area contributed by atoms with Crippen LogP contribution in [0.3, 0.4) is 0 Å². The van der Waals surface area contributed by atoms with Crippen molar-refractivity contribution in [2.24, 2.45) is 0 Å². The van der Waals surface area contributed by atoms with Crippen LogP contribution in [0, 0.1) is 0 Å². The number of nitrogens with one attached hydrogen (secondary N) is 1. The monoisotopic (exact) mass is 469 g/mol. The standard InChI is InChI=1S/C27H24ClN5O/c28-25-16-33(17-29-25)23-13-10-19-15-24(23)34-14-6-2-5-9-22-21-12-11-20(18-7-3-1-4-8-18)26(21)32-27(30-19)31-22/h1-4,6-8,10,13,15-17,20H,5,9,11-12,14H2,(H,30,31,32)/b6-2-. The van der Waals surface area contributed by atoms with E-state index >= 15 is 0 Å². The minimum absolute atomic E-state index is 0.303. The lowest BCUT2D eigenvalue weighted by Crippen LogP contribution is -2.08. The van der Waals surface area contributed by atoms with E-state index in [2.05, 4.69) is 52.8 Å². The summed E-state index contributed by atoms with van der Waals surface area (Å²) < 4.78 is 7.97. The van der Waals surface area contributed by atoms with E-state index in [1.54, 1.807) is 12.5 Å². The SMILES string of the molecule is Clc1cn(-c2ccc3cc2OC/C=C\CCc2nc(nc4c2CCC4c2ccccc2)N3)cn1. The molecule has 7 heteroatoms. The van der Waals surface area contributed by atoms with Crippen molar-refractivity contribution in [1.82, 2.24) is 19.5 Å². The van der Waals surface area contributed by atoms with E-state index in [4.69, 9.17) is 26.3 Å². The summed E-state index contributed by atoms with van der Waals surface area (Å²) in [6.45, 7) is 0.482. The zero-order valence-corrected chi connectivity index (χ0v) is 19.4. The molecule has 1 aliphatic carbocycles. The molecule has 4 bridgehead atoms. The van der Waals surface area contributed by atoms with Crippen molar-refractivity contribution in [2.75, 3.05) is 11.9 Å². The van der Waals surface area contributed by atoms with Gasteiger partial charge in [-0.1, -0.05) is 54.1 Å². The van der Waals surface area contributed by atoms with Crippen molar-refractivity contribution in [3.8, 4) is 11.4 Å². The van der Waals surface area contributed by atoms with Crippen molar-refractivity contribution < 1.29 is 4.74 Å². The highest BCUT2D eigenvalue weighted by Crippen LogP contribution is 2.39. The number of nitrogens with zero attached hydrogens (tertiary/aromatic N) is 4. The summed E-state index contributed by atoms with van der Waals surface area (Å²) in [6, 6.07) is 16.6. The summed E-state index contributed by atoms with van der Waals surface area (Å²) in [5, 5.41) is 3.87. The number of benzene rings is 2. The Morgan fingerprint density at radius 3 is 2.79 bits per heavy atom. The zero-order valence-electron chi connectivity index (χ0n) is 18.6. The molecule has 2 aromatic heterocycles. The fourth-order valence-electron chi connectivity index (χ4n) is 4.83. The first-order chi connectivity index (χ1) is 16.7. The van der Waals surface area contributed by atoms with Gasteiger partial charge >= 0.3 is 0 Å². The lowest BCUT2D eigenvalue weighted by Gasteiger charge is -2.16. The van der Waals surface area contributed by atoms with Gasteiger partial charge < -0.3 is 14.6 Å². The van der Waals surface area contributed by atoms with Gasteiger partial charge in [-0.05, 0) is 48.9 Å². The second-order valence-electron chi connectivity index (χ2n) is 8.59. The number of ether oxygens (including phenoxy) is 1. The molecule has 1 aliphatic heterocycles. The van der Waals surface area contributed by atoms with E-state index < -0.39 is 0 Å². The van der Waals surface area contributed by atoms with Crippen LogP contribution in [-0.4, -0.2) is 26.1 Å². The van der Waals surface area contributed by atoms with E-state index in [0.29, 0.717) is 23.6 Å². The molecule has 1 atom stereocenters. The molecule has 1 unspecified atom stereocenters. The van der Waals surface area contributed by atoms with E-state index in [1.165, 1.54) is 11.1 Å². The van der Waals surface area contributed by atoms with Gasteiger partial charge in [0.05, 0.1) is 11.4 Å². The van der Waals surface area contributed by atoms with Crippen LogP contribution in [0.4, 0.5) is 11.6 Å². The van der Waals surface area contributed by atoms with Crippen LogP contribution in [0.25, 0.3) is 5.69 Å². The van der Waals surface area contributed by atoms with E-state index in [1.807, 2.05) is 22.8 Å². The fraction of sp³-hybridized carbons (Fsp3) is 0.222. The highest BCUT2D eigenvalue weighted by atomic mass is 35.5. The van der Waals surface area contributed by atoms with Crippen molar-refractivity contribution in [3.05, 3.63) is 101 Å². The summed E-state index contributed by atoms with van der Waals surface area (Å²) in [5.74, 6) is 1.66. The van der Waals surface area contributed by atoms with Crippen molar-refractivity contribution in [3.63, 3.8) is 0 Å². The zero-order chi connectivity index (χ0) is 22.9. The number of aryl methyl sites for hydroxylation is 1. The normalized spacial score (nSPS) is 18.0. The topological polar surface area (TPSA) is 64.9 Å². The van der Waals surface area contributed by atoms with Crippen molar-refractivity contribution in [1.29, 1.82) is 0 Å². The van der Waals surface area contributed by atoms with Gasteiger partial charge in [0, 0.05) is 29.6 Å². The van der Waals surface area contributed by atoms with Crippen LogP contribution in [0.15, 0.2) is 73.2 Å².